The van der Waals surface area contributed by atoms with Gasteiger partial charge in [0.2, 0.25) is 21.8 Å². The van der Waals surface area contributed by atoms with E-state index in [1.54, 1.807) is 25.1 Å². The number of nitrogens with one attached hydrogen (secondary N) is 1. The third kappa shape index (κ3) is 8.80. The molecule has 0 bridgehead atoms. The van der Waals surface area contributed by atoms with Gasteiger partial charge in [-0.25, -0.2) is 8.42 Å². The lowest BCUT2D eigenvalue weighted by Crippen LogP contribution is -2.52. The SMILES string of the molecule is CC[C@H](C(=O)NCC(C)C)N(Cc1ccc(Cl)c(Cl)c1)C(=O)CN(c1cc(Cl)c(Cl)cc1Cl)S(C)(=O)=O. The first kappa shape index (κ1) is 31.8. The lowest BCUT2D eigenvalue weighted by molar-refractivity contribution is -0.140. The highest BCUT2D eigenvalue weighted by molar-refractivity contribution is 7.92. The number of rotatable bonds is 11. The maximum atomic E-state index is 13.7. The zero-order valence-corrected chi connectivity index (χ0v) is 25.3. The van der Waals surface area contributed by atoms with Crippen molar-refractivity contribution in [2.75, 3.05) is 23.7 Å². The number of sulfonamides is 1. The second-order valence-corrected chi connectivity index (χ2v) is 12.8. The minimum Gasteiger partial charge on any atom is -0.354 e. The lowest BCUT2D eigenvalue weighted by Gasteiger charge is -2.33. The summed E-state index contributed by atoms with van der Waals surface area (Å²) in [5.41, 5.74) is 0.593. The van der Waals surface area contributed by atoms with Gasteiger partial charge in [0.1, 0.15) is 12.6 Å². The molecule has 1 N–H and O–H groups in total. The van der Waals surface area contributed by atoms with Crippen LogP contribution in [0.3, 0.4) is 0 Å². The zero-order chi connectivity index (χ0) is 28.1. The average Bonchev–Trinajstić information content (AvgIpc) is 2.80. The number of carbonyl (C=O) groups excluding carboxylic acids is 2. The number of hydrogen-bond donors (Lipinski definition) is 1. The van der Waals surface area contributed by atoms with Gasteiger partial charge >= 0.3 is 0 Å². The first-order chi connectivity index (χ1) is 17.1. The van der Waals surface area contributed by atoms with Gasteiger partial charge in [0.15, 0.2) is 0 Å². The molecule has 0 heterocycles. The highest BCUT2D eigenvalue weighted by Gasteiger charge is 2.32. The van der Waals surface area contributed by atoms with Crippen LogP contribution in [0, 0.1) is 5.92 Å². The summed E-state index contributed by atoms with van der Waals surface area (Å²) in [7, 11) is -4.00. The van der Waals surface area contributed by atoms with Gasteiger partial charge in [-0.1, -0.05) is 84.8 Å². The zero-order valence-electron chi connectivity index (χ0n) is 20.7. The number of nitrogens with zero attached hydrogens (tertiary/aromatic N) is 2. The van der Waals surface area contributed by atoms with Gasteiger partial charge in [-0.3, -0.25) is 13.9 Å². The largest absolute Gasteiger partial charge is 0.354 e. The van der Waals surface area contributed by atoms with Gasteiger partial charge in [-0.15, -0.1) is 0 Å². The standard InChI is InChI=1S/C24H28Cl5N3O4S/c1-5-21(24(34)30-11-14(2)3)31(12-15-6-7-16(25)17(26)8-15)23(33)13-32(37(4,35)36)22-10-19(28)18(27)9-20(22)29/h6-10,14,21H,5,11-13H2,1-4H3,(H,30,34)/t21-/m1/s1. The number of anilines is 1. The van der Waals surface area contributed by atoms with Gasteiger partial charge in [-0.2, -0.15) is 0 Å². The minimum absolute atomic E-state index is 0.00891. The van der Waals surface area contributed by atoms with Gasteiger partial charge in [0, 0.05) is 13.1 Å². The second kappa shape index (κ2) is 13.6. The summed E-state index contributed by atoms with van der Waals surface area (Å²) in [6.45, 7) is 5.43. The Morgan fingerprint density at radius 2 is 1.51 bits per heavy atom. The maximum Gasteiger partial charge on any atom is 0.244 e. The molecule has 13 heteroatoms. The number of benzene rings is 2. The molecule has 2 rings (SSSR count). The summed E-state index contributed by atoms with van der Waals surface area (Å²) in [6, 6.07) is 6.54. The van der Waals surface area contributed by atoms with Crippen molar-refractivity contribution in [1.82, 2.24) is 10.2 Å². The van der Waals surface area contributed by atoms with Crippen LogP contribution in [0.4, 0.5) is 5.69 Å². The van der Waals surface area contributed by atoms with E-state index in [1.165, 1.54) is 17.0 Å². The summed E-state index contributed by atoms with van der Waals surface area (Å²) in [5.74, 6) is -0.800. The van der Waals surface area contributed by atoms with E-state index >= 15 is 0 Å². The van der Waals surface area contributed by atoms with E-state index in [0.29, 0.717) is 17.1 Å². The Morgan fingerprint density at radius 3 is 2.05 bits per heavy atom. The van der Waals surface area contributed by atoms with Gasteiger partial charge < -0.3 is 10.2 Å². The predicted octanol–water partition coefficient (Wildman–Crippen LogP) is 6.30. The van der Waals surface area contributed by atoms with E-state index in [1.807, 2.05) is 13.8 Å². The Balaban J connectivity index is 2.51. The quantitative estimate of drug-likeness (QED) is 0.295. The van der Waals surface area contributed by atoms with Crippen LogP contribution in [0.15, 0.2) is 30.3 Å². The first-order valence-corrected chi connectivity index (χ1v) is 15.0. The average molecular weight is 632 g/mol. The molecule has 0 aliphatic carbocycles. The van der Waals surface area contributed by atoms with Crippen LogP contribution in [0.2, 0.25) is 25.1 Å². The molecule has 7 nitrogen and oxygen atoms in total. The summed E-state index contributed by atoms with van der Waals surface area (Å²) in [6.07, 6.45) is 1.22. The number of amides is 2. The van der Waals surface area contributed by atoms with Crippen LogP contribution in [0.5, 0.6) is 0 Å². The van der Waals surface area contributed by atoms with Crippen LogP contribution in [-0.2, 0) is 26.2 Å². The number of carbonyl (C=O) groups is 2. The Kier molecular flexibility index (Phi) is 11.7. The normalized spacial score (nSPS) is 12.4. The van der Waals surface area contributed by atoms with Crippen LogP contribution < -0.4 is 9.62 Å². The molecule has 204 valence electrons. The molecular weight excluding hydrogens is 604 g/mol. The molecule has 2 amide bonds. The van der Waals surface area contributed by atoms with E-state index < -0.39 is 28.5 Å². The third-order valence-electron chi connectivity index (χ3n) is 5.35. The van der Waals surface area contributed by atoms with Crippen LogP contribution in [0.1, 0.15) is 32.8 Å². The first-order valence-electron chi connectivity index (χ1n) is 11.3. The van der Waals surface area contributed by atoms with E-state index in [2.05, 4.69) is 5.32 Å². The monoisotopic (exact) mass is 629 g/mol. The molecule has 0 aliphatic heterocycles. The van der Waals surface area contributed by atoms with Crippen molar-refractivity contribution in [2.45, 2.75) is 39.8 Å². The smallest absolute Gasteiger partial charge is 0.244 e. The molecule has 0 saturated carbocycles. The van der Waals surface area contributed by atoms with E-state index in [-0.39, 0.29) is 50.6 Å². The second-order valence-electron chi connectivity index (χ2n) is 8.82. The van der Waals surface area contributed by atoms with Gasteiger partial charge in [0.25, 0.3) is 0 Å². The maximum absolute atomic E-state index is 13.7. The Hall–Kier alpha value is -1.42. The lowest BCUT2D eigenvalue weighted by atomic mass is 10.1. The van der Waals surface area contributed by atoms with Crippen LogP contribution in [0.25, 0.3) is 0 Å². The number of hydrogen-bond acceptors (Lipinski definition) is 4. The molecule has 1 atom stereocenters. The summed E-state index contributed by atoms with van der Waals surface area (Å²) in [5, 5.41) is 3.65. The molecule has 0 saturated heterocycles. The third-order valence-corrected chi connectivity index (χ3v) is 8.24. The Labute approximate surface area is 243 Å². The Bertz CT molecular complexity index is 1260. The highest BCUT2D eigenvalue weighted by atomic mass is 35.5. The molecule has 0 radical (unpaired) electrons. The molecule has 0 spiro atoms. The van der Waals surface area contributed by atoms with Gasteiger partial charge in [-0.05, 0) is 42.2 Å². The molecule has 2 aromatic rings. The van der Waals surface area contributed by atoms with E-state index in [0.717, 1.165) is 10.6 Å². The van der Waals surface area contributed by atoms with Crippen molar-refractivity contribution in [3.63, 3.8) is 0 Å². The molecule has 0 unspecified atom stereocenters. The van der Waals surface area contributed by atoms with Crippen LogP contribution >= 0.6 is 58.0 Å². The van der Waals surface area contributed by atoms with Crippen molar-refractivity contribution in [1.29, 1.82) is 0 Å². The Morgan fingerprint density at radius 1 is 0.919 bits per heavy atom. The molecule has 37 heavy (non-hydrogen) atoms. The molecule has 0 fully saturated rings. The summed E-state index contributed by atoms with van der Waals surface area (Å²) >= 11 is 30.6. The highest BCUT2D eigenvalue weighted by Crippen LogP contribution is 2.35. The number of halogens is 5. The predicted molar refractivity (Wildman–Crippen MR) is 153 cm³/mol. The molecule has 0 aliphatic rings. The van der Waals surface area contributed by atoms with E-state index in [4.69, 9.17) is 58.0 Å². The molecular formula is C24H28Cl5N3O4S. The van der Waals surface area contributed by atoms with Crippen molar-refractivity contribution in [3.8, 4) is 0 Å². The topological polar surface area (TPSA) is 86.8 Å². The van der Waals surface area contributed by atoms with E-state index in [9.17, 15) is 18.0 Å². The molecule has 0 aromatic heterocycles. The van der Waals surface area contributed by atoms with Crippen molar-refractivity contribution in [2.24, 2.45) is 5.92 Å². The minimum atomic E-state index is -4.00. The molecule has 2 aromatic carbocycles. The fraction of sp³-hybridized carbons (Fsp3) is 0.417. The van der Waals surface area contributed by atoms with Crippen molar-refractivity contribution >= 4 is 85.5 Å². The fourth-order valence-electron chi connectivity index (χ4n) is 3.47. The van der Waals surface area contributed by atoms with Crippen LogP contribution in [-0.4, -0.2) is 50.5 Å². The van der Waals surface area contributed by atoms with Gasteiger partial charge in [0.05, 0.1) is 37.1 Å². The summed E-state index contributed by atoms with van der Waals surface area (Å²) in [4.78, 5) is 28.1. The van der Waals surface area contributed by atoms with Crippen molar-refractivity contribution in [3.05, 3.63) is 61.0 Å². The fourth-order valence-corrected chi connectivity index (χ4v) is 5.34. The van der Waals surface area contributed by atoms with Crippen molar-refractivity contribution < 1.29 is 18.0 Å². The summed E-state index contributed by atoms with van der Waals surface area (Å²) < 4.78 is 26.3.